The quantitative estimate of drug-likeness (QED) is 0.136. The number of nitrogens with zero attached hydrogens (tertiary/aromatic N) is 3. The maximum Gasteiger partial charge on any atom is 0.286 e. The van der Waals surface area contributed by atoms with Gasteiger partial charge in [-0.2, -0.15) is 0 Å². The molecule has 2 aromatic rings. The third-order valence-corrected chi connectivity index (χ3v) is 4.79. The second-order valence-electron chi connectivity index (χ2n) is 7.31. The monoisotopic (exact) mass is 442 g/mol. The number of carbonyl (C=O) groups excluding carboxylic acids is 3. The molecule has 0 aliphatic heterocycles. The number of likely N-dealkylation sites (N-methyl/N-ethyl adjacent to an activating group) is 1. The average molecular weight is 442 g/mol. The van der Waals surface area contributed by atoms with Gasteiger partial charge in [-0.05, 0) is 57.0 Å². The number of anilines is 1. The van der Waals surface area contributed by atoms with Crippen molar-refractivity contribution in [3.05, 3.63) is 59.0 Å². The van der Waals surface area contributed by atoms with Gasteiger partial charge in [0.05, 0.1) is 5.56 Å². The van der Waals surface area contributed by atoms with Crippen LogP contribution in [0.15, 0.2) is 36.4 Å². The van der Waals surface area contributed by atoms with Crippen molar-refractivity contribution in [1.82, 2.24) is 14.9 Å². The number of amides is 2. The largest absolute Gasteiger partial charge is 0.336 e. The molecule has 9 nitrogen and oxygen atoms in total. The molecule has 1 heterocycles. The fraction of sp³-hybridized carbons (Fsp3) is 0.318. The first-order valence-electron chi connectivity index (χ1n) is 10.1. The van der Waals surface area contributed by atoms with E-state index in [-0.39, 0.29) is 41.8 Å². The van der Waals surface area contributed by atoms with Gasteiger partial charge in [-0.3, -0.25) is 24.8 Å². The van der Waals surface area contributed by atoms with Gasteiger partial charge in [-0.1, -0.05) is 12.1 Å². The molecule has 170 valence electrons. The number of benzene rings is 1. The number of nitrogens with one attached hydrogen (secondary N) is 2. The molecule has 2 rings (SSSR count). The summed E-state index contributed by atoms with van der Waals surface area (Å²) in [5, 5.41) is 11.9. The number of aldehydes is 1. The minimum atomic E-state index is -0.721. The summed E-state index contributed by atoms with van der Waals surface area (Å²) in [5.74, 6) is 3.94. The molecular weight excluding hydrogens is 415 g/mol. The van der Waals surface area contributed by atoms with E-state index in [0.29, 0.717) is 18.5 Å². The molecule has 0 radical (unpaired) electrons. The van der Waals surface area contributed by atoms with Crippen molar-refractivity contribution in [2.24, 2.45) is 5.84 Å². The number of aromatic nitrogens is 1. The van der Waals surface area contributed by atoms with Crippen LogP contribution in [0.2, 0.25) is 0 Å². The van der Waals surface area contributed by atoms with Crippen molar-refractivity contribution in [3.63, 3.8) is 0 Å². The number of pyridine rings is 1. The molecule has 0 saturated heterocycles. The smallest absolute Gasteiger partial charge is 0.286 e. The van der Waals surface area contributed by atoms with Gasteiger partial charge >= 0.3 is 0 Å². The normalized spacial score (nSPS) is 10.6. The van der Waals surface area contributed by atoms with Gasteiger partial charge in [-0.25, -0.2) is 15.2 Å². The lowest BCUT2D eigenvalue weighted by Gasteiger charge is -2.23. The topological polar surface area (TPSA) is 132 Å². The summed E-state index contributed by atoms with van der Waals surface area (Å²) in [6, 6.07) is 8.78. The summed E-state index contributed by atoms with van der Waals surface area (Å²) in [5.41, 5.74) is 0.677. The molecule has 0 saturated carbocycles. The van der Waals surface area contributed by atoms with Crippen LogP contribution in [0.5, 0.6) is 0 Å². The van der Waals surface area contributed by atoms with Gasteiger partial charge in [0.2, 0.25) is 6.29 Å². The van der Waals surface area contributed by atoms with E-state index in [1.54, 1.807) is 25.1 Å². The third kappa shape index (κ3) is 6.17. The van der Waals surface area contributed by atoms with Crippen LogP contribution < -0.4 is 11.2 Å². The molecule has 0 bridgehead atoms. The van der Waals surface area contributed by atoms with Crippen LogP contribution in [0.25, 0.3) is 0 Å². The van der Waals surface area contributed by atoms with E-state index in [0.717, 1.165) is 0 Å². The van der Waals surface area contributed by atoms with Gasteiger partial charge in [0.1, 0.15) is 17.3 Å². The molecule has 0 spiro atoms. The van der Waals surface area contributed by atoms with E-state index in [2.05, 4.69) is 10.3 Å². The Hall–Kier alpha value is -3.66. The summed E-state index contributed by atoms with van der Waals surface area (Å²) >= 11 is 0. The summed E-state index contributed by atoms with van der Waals surface area (Å²) < 4.78 is 14.6. The van der Waals surface area contributed by atoms with E-state index in [9.17, 15) is 18.8 Å². The fourth-order valence-corrected chi connectivity index (χ4v) is 2.87. The van der Waals surface area contributed by atoms with Crippen LogP contribution in [-0.2, 0) is 16.0 Å². The molecule has 1 aromatic heterocycles. The van der Waals surface area contributed by atoms with Gasteiger partial charge in [0.25, 0.3) is 11.8 Å². The Bertz CT molecular complexity index is 1010. The number of hydrogen-bond acceptors (Lipinski definition) is 6. The lowest BCUT2D eigenvalue weighted by atomic mass is 10.1. The molecular formula is C22H27FN6O3. The molecule has 2 amide bonds. The van der Waals surface area contributed by atoms with E-state index < -0.39 is 17.6 Å². The zero-order chi connectivity index (χ0) is 23.8. The minimum Gasteiger partial charge on any atom is -0.336 e. The number of halogens is 1. The maximum absolute atomic E-state index is 14.6. The number of amidine groups is 1. The van der Waals surface area contributed by atoms with Crippen molar-refractivity contribution in [1.29, 1.82) is 5.41 Å². The lowest BCUT2D eigenvalue weighted by molar-refractivity contribution is -0.138. The van der Waals surface area contributed by atoms with Crippen LogP contribution in [0.1, 0.15) is 42.4 Å². The summed E-state index contributed by atoms with van der Waals surface area (Å²) in [7, 11) is 0. The predicted molar refractivity (Wildman–Crippen MR) is 119 cm³/mol. The van der Waals surface area contributed by atoms with E-state index >= 15 is 0 Å². The average Bonchev–Trinajstić information content (AvgIpc) is 2.78. The van der Waals surface area contributed by atoms with Gasteiger partial charge in [-0.15, -0.1) is 0 Å². The lowest BCUT2D eigenvalue weighted by Crippen LogP contribution is -2.43. The van der Waals surface area contributed by atoms with E-state index in [1.807, 2.05) is 13.8 Å². The predicted octanol–water partition coefficient (Wildman–Crippen LogP) is 1.97. The van der Waals surface area contributed by atoms with E-state index in [4.69, 9.17) is 11.3 Å². The Morgan fingerprint density at radius 3 is 2.59 bits per heavy atom. The van der Waals surface area contributed by atoms with Crippen molar-refractivity contribution in [2.45, 2.75) is 33.2 Å². The first kappa shape index (κ1) is 24.6. The number of hydrogen-bond donors (Lipinski definition) is 3. The maximum atomic E-state index is 14.6. The molecule has 4 N–H and O–H groups in total. The third-order valence-electron chi connectivity index (χ3n) is 4.79. The Morgan fingerprint density at radius 1 is 1.28 bits per heavy atom. The SMILES string of the molecule is CCN(CCc1ccc(C(=O)Nc2cccc(C(=N)N(N)C(C)C)n2)c(F)c1)C(=O)C=O. The van der Waals surface area contributed by atoms with Crippen molar-refractivity contribution < 1.29 is 18.8 Å². The van der Waals surface area contributed by atoms with Crippen LogP contribution in [-0.4, -0.2) is 58.0 Å². The Kier molecular flexibility index (Phi) is 8.54. The standard InChI is InChI=1S/C22H27FN6O3/c1-4-28(20(31)13-30)11-10-15-8-9-16(17(23)12-15)22(32)27-19-7-5-6-18(26-19)21(24)29(25)14(2)3/h5-9,12-14,24H,4,10-11,25H2,1-3H3,(H,26,27,32). The molecule has 0 aliphatic rings. The molecule has 0 unspecified atom stereocenters. The highest BCUT2D eigenvalue weighted by Crippen LogP contribution is 2.15. The Balaban J connectivity index is 2.09. The number of nitrogens with two attached hydrogens (primary N) is 1. The molecule has 0 atom stereocenters. The van der Waals surface area contributed by atoms with E-state index in [1.165, 1.54) is 28.1 Å². The highest BCUT2D eigenvalue weighted by atomic mass is 19.1. The second kappa shape index (κ2) is 11.1. The molecule has 1 aromatic carbocycles. The van der Waals surface area contributed by atoms with Crippen LogP contribution >= 0.6 is 0 Å². The first-order chi connectivity index (χ1) is 15.2. The van der Waals surface area contributed by atoms with Gasteiger partial charge < -0.3 is 10.2 Å². The van der Waals surface area contributed by atoms with Crippen molar-refractivity contribution in [2.75, 3.05) is 18.4 Å². The first-order valence-corrected chi connectivity index (χ1v) is 10.1. The molecule has 0 aliphatic carbocycles. The molecule has 0 fully saturated rings. The number of carbonyl (C=O) groups is 3. The minimum absolute atomic E-state index is 0.0131. The van der Waals surface area contributed by atoms with Crippen molar-refractivity contribution >= 4 is 29.8 Å². The zero-order valence-corrected chi connectivity index (χ0v) is 18.3. The van der Waals surface area contributed by atoms with Crippen LogP contribution in [0.4, 0.5) is 10.2 Å². The Morgan fingerprint density at radius 2 is 2.00 bits per heavy atom. The Labute approximate surface area is 185 Å². The van der Waals surface area contributed by atoms with Gasteiger partial charge in [0.15, 0.2) is 5.84 Å². The zero-order valence-electron chi connectivity index (χ0n) is 18.3. The highest BCUT2D eigenvalue weighted by Gasteiger charge is 2.17. The van der Waals surface area contributed by atoms with Crippen molar-refractivity contribution in [3.8, 4) is 0 Å². The van der Waals surface area contributed by atoms with Gasteiger partial charge in [0, 0.05) is 19.1 Å². The molecule has 32 heavy (non-hydrogen) atoms. The van der Waals surface area contributed by atoms with Crippen LogP contribution in [0.3, 0.4) is 0 Å². The highest BCUT2D eigenvalue weighted by molar-refractivity contribution is 6.23. The van der Waals surface area contributed by atoms with Crippen LogP contribution in [0, 0.1) is 11.2 Å². The number of rotatable bonds is 9. The summed E-state index contributed by atoms with van der Waals surface area (Å²) in [6.07, 6.45) is 0.583. The summed E-state index contributed by atoms with van der Waals surface area (Å²) in [4.78, 5) is 40.2. The summed E-state index contributed by atoms with van der Waals surface area (Å²) in [6.45, 7) is 6.02. The number of hydrazine groups is 1. The fourth-order valence-electron chi connectivity index (χ4n) is 2.87. The second-order valence-corrected chi connectivity index (χ2v) is 7.31. The molecule has 10 heteroatoms.